The fraction of sp³-hybridized carbons (Fsp3) is 0.448. The Bertz CT molecular complexity index is 1890. The molecule has 20 heteroatoms. The molecule has 0 radical (unpaired) electrons. The Morgan fingerprint density at radius 3 is 2.53 bits per heavy atom. The first-order valence-corrected chi connectivity index (χ1v) is 17.3. The van der Waals surface area contributed by atoms with Gasteiger partial charge in [-0.25, -0.2) is 14.8 Å². The molecule has 0 aliphatic carbocycles. The molecule has 4 heterocycles. The van der Waals surface area contributed by atoms with Crippen LogP contribution in [0.4, 0.5) is 10.9 Å². The molecule has 2 aromatic heterocycles. The fourth-order valence-electron chi connectivity index (χ4n) is 5.35. The molecule has 2 fully saturated rings. The quantitative estimate of drug-likeness (QED) is 0.0544. The number of carbonyl (C=O) groups is 3. The highest BCUT2D eigenvalue weighted by Gasteiger charge is 2.58. The molecule has 1 aromatic carbocycles. The van der Waals surface area contributed by atoms with E-state index in [1.54, 1.807) is 18.2 Å². The molecule has 49 heavy (non-hydrogen) atoms. The van der Waals surface area contributed by atoms with Crippen LogP contribution in [0.3, 0.4) is 0 Å². The van der Waals surface area contributed by atoms with E-state index in [0.29, 0.717) is 16.9 Å². The van der Waals surface area contributed by atoms with Crippen LogP contribution in [0.1, 0.15) is 32.4 Å². The number of fused-ring (bicyclic) bond motifs is 1. The summed E-state index contributed by atoms with van der Waals surface area (Å²) in [6, 6.07) is 7.90. The minimum atomic E-state index is -5.02. The SMILES string of the molecule is CC1(C)C(NC(=O)/C(=N\O[C@@H](COc2ccc3nc(NC4CC[N+](C)(C)CC4)ccc3c2)C(=O)O)c2csc(N)n2)C(=O)N1OS(=O)(=O)O. The number of carboxylic acid groups (broad SMARTS) is 1. The van der Waals surface area contributed by atoms with Crippen LogP contribution in [0.5, 0.6) is 5.75 Å². The van der Waals surface area contributed by atoms with Crippen LogP contribution in [0.2, 0.25) is 0 Å². The van der Waals surface area contributed by atoms with Crippen molar-refractivity contribution in [1.29, 1.82) is 0 Å². The number of carboxylic acids is 1. The standard InChI is InChI=1S/C29H36N8O10S2/c1-29(2)24(26(39)36(29)47-49(42,43)44)34-25(38)23(20-15-48-28(30)33-20)35-46-21(27(40)41)14-45-18-6-7-19-16(13-18)5-8-22(32-19)31-17-9-11-37(3,4)12-10-17/h5-8,13,15,17,21,24H,9-12,14H2,1-4H3,(H5-,30,31,32,33,34,38,40,41,42,43,44)/p+1/b35-23-/t21-,24?/m0/s1. The molecule has 0 bridgehead atoms. The van der Waals surface area contributed by atoms with Gasteiger partial charge in [-0.05, 0) is 44.2 Å². The molecule has 3 aromatic rings. The van der Waals surface area contributed by atoms with Gasteiger partial charge in [0.15, 0.2) is 10.8 Å². The minimum absolute atomic E-state index is 0.0624. The first kappa shape index (κ1) is 35.7. The highest BCUT2D eigenvalue weighted by atomic mass is 32.3. The van der Waals surface area contributed by atoms with Gasteiger partial charge in [0, 0.05) is 29.6 Å². The summed E-state index contributed by atoms with van der Waals surface area (Å²) >= 11 is 0.964. The molecule has 5 rings (SSSR count). The summed E-state index contributed by atoms with van der Waals surface area (Å²) < 4.78 is 42.2. The Morgan fingerprint density at radius 2 is 1.92 bits per heavy atom. The molecule has 2 amide bonds. The van der Waals surface area contributed by atoms with E-state index >= 15 is 0 Å². The molecule has 6 N–H and O–H groups in total. The number of nitrogens with one attached hydrogen (secondary N) is 2. The molecule has 2 aliphatic rings. The number of benzene rings is 1. The van der Waals surface area contributed by atoms with Crippen molar-refractivity contribution in [3.05, 3.63) is 41.4 Å². The molecule has 0 spiro atoms. The number of thiazole rings is 1. The number of likely N-dealkylation sites (tertiary alicyclic amines) is 1. The number of amides is 2. The van der Waals surface area contributed by atoms with E-state index in [9.17, 15) is 27.9 Å². The number of aromatic nitrogens is 2. The molecule has 1 unspecified atom stereocenters. The van der Waals surface area contributed by atoms with Gasteiger partial charge < -0.3 is 35.5 Å². The largest absolute Gasteiger partial charge is 0.489 e. The summed E-state index contributed by atoms with van der Waals surface area (Å²) in [6.45, 7) is 4.41. The van der Waals surface area contributed by atoms with Crippen LogP contribution in [-0.2, 0) is 33.9 Å². The monoisotopic (exact) mass is 721 g/mol. The number of carbonyl (C=O) groups excluding carboxylic acids is 2. The minimum Gasteiger partial charge on any atom is -0.489 e. The number of quaternary nitrogens is 1. The number of hydrogen-bond acceptors (Lipinski definition) is 14. The molecule has 2 saturated heterocycles. The number of rotatable bonds is 13. The van der Waals surface area contributed by atoms with Crippen LogP contribution in [0.15, 0.2) is 40.9 Å². The smallest absolute Gasteiger partial charge is 0.418 e. The predicted molar refractivity (Wildman–Crippen MR) is 177 cm³/mol. The van der Waals surface area contributed by atoms with Gasteiger partial charge in [-0.3, -0.25) is 14.1 Å². The fourth-order valence-corrected chi connectivity index (χ4v) is 6.35. The number of hydrogen-bond donors (Lipinski definition) is 5. The number of β-lactam (4-membered cyclic amide) rings is 1. The third kappa shape index (κ3) is 8.51. The molecule has 2 atom stereocenters. The highest BCUT2D eigenvalue weighted by molar-refractivity contribution is 7.80. The summed E-state index contributed by atoms with van der Waals surface area (Å²) in [7, 11) is -0.565. The predicted octanol–water partition coefficient (Wildman–Crippen LogP) is 1.02. The molecule has 18 nitrogen and oxygen atoms in total. The Balaban J connectivity index is 1.24. The van der Waals surface area contributed by atoms with Gasteiger partial charge >= 0.3 is 16.4 Å². The molecule has 264 valence electrons. The van der Waals surface area contributed by atoms with Gasteiger partial charge in [0.2, 0.25) is 0 Å². The first-order valence-electron chi connectivity index (χ1n) is 15.0. The van der Waals surface area contributed by atoms with E-state index in [1.165, 1.54) is 19.2 Å². The van der Waals surface area contributed by atoms with Crippen molar-refractivity contribution < 1.29 is 50.8 Å². The second kappa shape index (κ2) is 13.7. The van der Waals surface area contributed by atoms with E-state index in [-0.39, 0.29) is 10.8 Å². The van der Waals surface area contributed by atoms with Crippen molar-refractivity contribution in [3.63, 3.8) is 0 Å². The molecule has 0 saturated carbocycles. The Kier molecular flexibility index (Phi) is 9.98. The number of piperidine rings is 1. The number of oxime groups is 1. The Morgan fingerprint density at radius 1 is 1.20 bits per heavy atom. The average Bonchev–Trinajstić information content (AvgIpc) is 3.46. The average molecular weight is 722 g/mol. The summed E-state index contributed by atoms with van der Waals surface area (Å²) in [6.07, 6.45) is 0.415. The van der Waals surface area contributed by atoms with Crippen LogP contribution < -0.4 is 21.1 Å². The number of pyridine rings is 1. The van der Waals surface area contributed by atoms with Gasteiger partial charge in [0.05, 0.1) is 38.2 Å². The van der Waals surface area contributed by atoms with Gasteiger partial charge in [0.25, 0.3) is 17.9 Å². The van der Waals surface area contributed by atoms with Gasteiger partial charge in [-0.15, -0.1) is 15.6 Å². The number of anilines is 2. The topological polar surface area (TPSA) is 245 Å². The van der Waals surface area contributed by atoms with E-state index in [1.807, 2.05) is 12.1 Å². The second-order valence-corrected chi connectivity index (χ2v) is 14.7. The Labute approximate surface area is 285 Å². The molecular weight excluding hydrogens is 684 g/mol. The summed E-state index contributed by atoms with van der Waals surface area (Å²) in [5.41, 5.74) is 4.41. The zero-order valence-electron chi connectivity index (χ0n) is 27.0. The third-order valence-electron chi connectivity index (χ3n) is 8.23. The molecular formula is C29H37N8O10S2+. The zero-order chi connectivity index (χ0) is 35.7. The highest BCUT2D eigenvalue weighted by Crippen LogP contribution is 2.33. The summed E-state index contributed by atoms with van der Waals surface area (Å²) in [5.74, 6) is -2.34. The maximum absolute atomic E-state index is 13.3. The number of ether oxygens (including phenoxy) is 1. The normalized spacial score (nSPS) is 19.9. The van der Waals surface area contributed by atoms with Crippen molar-refractivity contribution >= 4 is 67.1 Å². The molecule has 2 aliphatic heterocycles. The van der Waals surface area contributed by atoms with Crippen LogP contribution in [-0.4, -0.2) is 119 Å². The van der Waals surface area contributed by atoms with Crippen molar-refractivity contribution in [3.8, 4) is 5.75 Å². The van der Waals surface area contributed by atoms with E-state index in [2.05, 4.69) is 39.2 Å². The number of hydroxylamine groups is 2. The lowest BCUT2D eigenvalue weighted by Crippen LogP contribution is -2.76. The maximum atomic E-state index is 13.3. The number of aliphatic carboxylic acids is 1. The number of nitrogen functional groups attached to an aromatic ring is 1. The van der Waals surface area contributed by atoms with Crippen molar-refractivity contribution in [2.75, 3.05) is 44.8 Å². The van der Waals surface area contributed by atoms with Crippen molar-refractivity contribution in [2.45, 2.75) is 50.4 Å². The lowest BCUT2D eigenvalue weighted by Gasteiger charge is -2.50. The van der Waals surface area contributed by atoms with Crippen LogP contribution in [0.25, 0.3) is 10.9 Å². The zero-order valence-corrected chi connectivity index (χ0v) is 28.7. The van der Waals surface area contributed by atoms with Gasteiger partial charge in [0.1, 0.15) is 29.9 Å². The maximum Gasteiger partial charge on any atom is 0.418 e. The van der Waals surface area contributed by atoms with Crippen LogP contribution in [0, 0.1) is 0 Å². The lowest BCUT2D eigenvalue weighted by atomic mass is 9.84. The summed E-state index contributed by atoms with van der Waals surface area (Å²) in [5, 5.41) is 22.0. The Hall–Kier alpha value is -4.63. The van der Waals surface area contributed by atoms with E-state index < -0.39 is 58.2 Å². The van der Waals surface area contributed by atoms with Crippen molar-refractivity contribution in [1.82, 2.24) is 20.3 Å². The van der Waals surface area contributed by atoms with Gasteiger partial charge in [-0.2, -0.15) is 13.5 Å². The van der Waals surface area contributed by atoms with E-state index in [0.717, 1.165) is 58.5 Å². The van der Waals surface area contributed by atoms with Crippen LogP contribution >= 0.6 is 11.3 Å². The first-order chi connectivity index (χ1) is 22.9. The van der Waals surface area contributed by atoms with E-state index in [4.69, 9.17) is 24.8 Å². The lowest BCUT2D eigenvalue weighted by molar-refractivity contribution is -0.895. The third-order valence-corrected chi connectivity index (χ3v) is 9.24. The van der Waals surface area contributed by atoms with Gasteiger partial charge in [-0.1, -0.05) is 5.16 Å². The van der Waals surface area contributed by atoms with Crippen molar-refractivity contribution in [2.24, 2.45) is 5.16 Å². The number of nitrogens with two attached hydrogens (primary N) is 1. The number of nitrogens with zero attached hydrogens (tertiary/aromatic N) is 5. The summed E-state index contributed by atoms with van der Waals surface area (Å²) in [4.78, 5) is 51.8. The second-order valence-electron chi connectivity index (χ2n) is 12.8.